The van der Waals surface area contributed by atoms with Crippen molar-refractivity contribution in [2.75, 3.05) is 4.90 Å². The molecule has 22 heavy (non-hydrogen) atoms. The van der Waals surface area contributed by atoms with Gasteiger partial charge in [-0.25, -0.2) is 4.79 Å². The number of nitro groups is 1. The van der Waals surface area contributed by atoms with Gasteiger partial charge in [-0.15, -0.1) is 0 Å². The minimum atomic E-state index is -0.519. The molecule has 6 heteroatoms. The van der Waals surface area contributed by atoms with Crippen LogP contribution in [0.15, 0.2) is 18.2 Å². The number of anilines is 1. The molecule has 0 N–H and O–H groups in total. The first-order valence-electron chi connectivity index (χ1n) is 7.57. The monoisotopic (exact) mass is 306 g/mol. The highest BCUT2D eigenvalue weighted by Crippen LogP contribution is 2.44. The second-order valence-corrected chi connectivity index (χ2v) is 6.16. The molecule has 1 heterocycles. The van der Waals surface area contributed by atoms with Crippen molar-refractivity contribution in [2.45, 2.75) is 58.6 Å². The number of carbonyl (C=O) groups is 1. The minimum Gasteiger partial charge on any atom is -0.446 e. The summed E-state index contributed by atoms with van der Waals surface area (Å²) in [6, 6.07) is 4.95. The molecule has 1 amide bonds. The van der Waals surface area contributed by atoms with Gasteiger partial charge in [-0.1, -0.05) is 19.1 Å². The van der Waals surface area contributed by atoms with Crippen LogP contribution >= 0.6 is 0 Å². The topological polar surface area (TPSA) is 72.7 Å². The van der Waals surface area contributed by atoms with Crippen LogP contribution in [0.2, 0.25) is 0 Å². The molecule has 0 spiro atoms. The lowest BCUT2D eigenvalue weighted by Gasteiger charge is -2.44. The third-order valence-corrected chi connectivity index (χ3v) is 4.27. The van der Waals surface area contributed by atoms with Crippen LogP contribution in [0.3, 0.4) is 0 Å². The number of fused-ring (bicyclic) bond motifs is 1. The van der Waals surface area contributed by atoms with E-state index in [0.29, 0.717) is 18.5 Å². The maximum atomic E-state index is 12.6. The fourth-order valence-corrected chi connectivity index (χ4v) is 2.87. The van der Waals surface area contributed by atoms with Gasteiger partial charge in [-0.3, -0.25) is 15.0 Å². The second-order valence-electron chi connectivity index (χ2n) is 6.16. The molecular formula is C16H22N2O4. The van der Waals surface area contributed by atoms with Crippen molar-refractivity contribution in [1.29, 1.82) is 0 Å². The van der Waals surface area contributed by atoms with Gasteiger partial charge in [-0.2, -0.15) is 0 Å². The van der Waals surface area contributed by atoms with Crippen molar-refractivity contribution in [2.24, 2.45) is 0 Å². The molecule has 1 unspecified atom stereocenters. The summed E-state index contributed by atoms with van der Waals surface area (Å²) in [5, 5.41) is 11.4. The SMILES string of the molecule is CCC1(C)CCc2cccc([N+](=O)[O-])c2N1C(=O)OC(C)C. The first-order chi connectivity index (χ1) is 10.3. The van der Waals surface area contributed by atoms with Gasteiger partial charge in [0.25, 0.3) is 5.69 Å². The predicted molar refractivity (Wildman–Crippen MR) is 84.2 cm³/mol. The van der Waals surface area contributed by atoms with E-state index < -0.39 is 16.6 Å². The Morgan fingerprint density at radius 3 is 2.73 bits per heavy atom. The van der Waals surface area contributed by atoms with Gasteiger partial charge in [0, 0.05) is 11.6 Å². The fourth-order valence-electron chi connectivity index (χ4n) is 2.87. The van der Waals surface area contributed by atoms with E-state index in [1.54, 1.807) is 19.9 Å². The molecule has 0 fully saturated rings. The normalized spacial score (nSPS) is 20.7. The van der Waals surface area contributed by atoms with Crippen LogP contribution in [0.5, 0.6) is 0 Å². The number of aryl methyl sites for hydroxylation is 1. The number of benzene rings is 1. The molecule has 6 nitrogen and oxygen atoms in total. The highest BCUT2D eigenvalue weighted by molar-refractivity contribution is 5.94. The van der Waals surface area contributed by atoms with Gasteiger partial charge in [0.1, 0.15) is 5.69 Å². The standard InChI is InChI=1S/C16H22N2O4/c1-5-16(4)10-9-12-7-6-8-13(18(20)21)14(12)17(16)15(19)22-11(2)3/h6-8,11H,5,9-10H2,1-4H3. The van der Waals surface area contributed by atoms with E-state index in [4.69, 9.17) is 4.74 Å². The summed E-state index contributed by atoms with van der Waals surface area (Å²) in [5.74, 6) is 0. The van der Waals surface area contributed by atoms with Crippen LogP contribution in [0, 0.1) is 10.1 Å². The average Bonchev–Trinajstić information content (AvgIpc) is 2.45. The summed E-state index contributed by atoms with van der Waals surface area (Å²) >= 11 is 0. The maximum absolute atomic E-state index is 12.6. The molecule has 0 aromatic heterocycles. The van der Waals surface area contributed by atoms with Crippen LogP contribution in [0.25, 0.3) is 0 Å². The van der Waals surface area contributed by atoms with Crippen LogP contribution < -0.4 is 4.90 Å². The summed E-state index contributed by atoms with van der Waals surface area (Å²) in [6.07, 6.45) is 1.37. The number of amides is 1. The Kier molecular flexibility index (Phi) is 4.39. The number of ether oxygens (including phenoxy) is 1. The smallest absolute Gasteiger partial charge is 0.415 e. The first-order valence-corrected chi connectivity index (χ1v) is 7.57. The molecule has 1 aromatic rings. The van der Waals surface area contributed by atoms with E-state index in [9.17, 15) is 14.9 Å². The lowest BCUT2D eigenvalue weighted by atomic mass is 9.83. The molecular weight excluding hydrogens is 284 g/mol. The highest BCUT2D eigenvalue weighted by atomic mass is 16.6. The molecule has 0 saturated heterocycles. The molecule has 1 aliphatic rings. The number of rotatable bonds is 3. The zero-order valence-corrected chi connectivity index (χ0v) is 13.5. The van der Waals surface area contributed by atoms with E-state index in [1.807, 2.05) is 19.9 Å². The Labute approximate surface area is 130 Å². The number of para-hydroxylation sites is 1. The van der Waals surface area contributed by atoms with Gasteiger partial charge in [-0.05, 0) is 45.6 Å². The zero-order chi connectivity index (χ0) is 16.5. The van der Waals surface area contributed by atoms with Crippen LogP contribution in [0.1, 0.15) is 46.1 Å². The molecule has 1 aromatic carbocycles. The van der Waals surface area contributed by atoms with E-state index >= 15 is 0 Å². The van der Waals surface area contributed by atoms with E-state index in [0.717, 1.165) is 12.0 Å². The maximum Gasteiger partial charge on any atom is 0.415 e. The summed E-state index contributed by atoms with van der Waals surface area (Å²) in [6.45, 7) is 7.47. The number of nitrogens with zero attached hydrogens (tertiary/aromatic N) is 2. The number of carbonyl (C=O) groups excluding carboxylic acids is 1. The fraction of sp³-hybridized carbons (Fsp3) is 0.562. The Morgan fingerprint density at radius 1 is 1.50 bits per heavy atom. The molecule has 2 rings (SSSR count). The third-order valence-electron chi connectivity index (χ3n) is 4.27. The Balaban J connectivity index is 2.61. The Bertz CT molecular complexity index is 600. The van der Waals surface area contributed by atoms with E-state index in [2.05, 4.69) is 0 Å². The van der Waals surface area contributed by atoms with Crippen LogP contribution in [-0.2, 0) is 11.2 Å². The lowest BCUT2D eigenvalue weighted by molar-refractivity contribution is -0.384. The molecule has 0 aliphatic carbocycles. The van der Waals surface area contributed by atoms with Crippen molar-refractivity contribution in [3.8, 4) is 0 Å². The van der Waals surface area contributed by atoms with Gasteiger partial charge < -0.3 is 4.74 Å². The van der Waals surface area contributed by atoms with Crippen molar-refractivity contribution in [1.82, 2.24) is 0 Å². The molecule has 120 valence electrons. The average molecular weight is 306 g/mol. The molecule has 0 saturated carbocycles. The van der Waals surface area contributed by atoms with Crippen LogP contribution in [-0.4, -0.2) is 22.7 Å². The predicted octanol–water partition coefficient (Wildman–Crippen LogP) is 4.06. The van der Waals surface area contributed by atoms with Crippen LogP contribution in [0.4, 0.5) is 16.2 Å². The van der Waals surface area contributed by atoms with E-state index in [-0.39, 0.29) is 11.8 Å². The summed E-state index contributed by atoms with van der Waals surface area (Å²) < 4.78 is 5.34. The van der Waals surface area contributed by atoms with Crippen molar-refractivity contribution >= 4 is 17.5 Å². The van der Waals surface area contributed by atoms with Crippen molar-refractivity contribution in [3.05, 3.63) is 33.9 Å². The van der Waals surface area contributed by atoms with Crippen molar-refractivity contribution in [3.63, 3.8) is 0 Å². The first kappa shape index (κ1) is 16.3. The van der Waals surface area contributed by atoms with Gasteiger partial charge in [0.15, 0.2) is 0 Å². The largest absolute Gasteiger partial charge is 0.446 e. The molecule has 0 radical (unpaired) electrons. The van der Waals surface area contributed by atoms with Gasteiger partial charge >= 0.3 is 6.09 Å². The summed E-state index contributed by atoms with van der Waals surface area (Å²) in [5.41, 5.74) is 0.678. The van der Waals surface area contributed by atoms with Gasteiger partial charge in [0.2, 0.25) is 0 Å². The third kappa shape index (κ3) is 2.77. The van der Waals surface area contributed by atoms with Crippen molar-refractivity contribution < 1.29 is 14.5 Å². The molecule has 0 bridgehead atoms. The van der Waals surface area contributed by atoms with Gasteiger partial charge in [0.05, 0.1) is 11.0 Å². The minimum absolute atomic E-state index is 0.0439. The molecule has 1 aliphatic heterocycles. The Morgan fingerprint density at radius 2 is 2.18 bits per heavy atom. The highest BCUT2D eigenvalue weighted by Gasteiger charge is 2.44. The zero-order valence-electron chi connectivity index (χ0n) is 13.5. The molecule has 1 atom stereocenters. The number of nitro benzene ring substituents is 1. The quantitative estimate of drug-likeness (QED) is 0.623. The lowest BCUT2D eigenvalue weighted by Crippen LogP contribution is -2.53. The van der Waals surface area contributed by atoms with E-state index in [1.165, 1.54) is 11.0 Å². The summed E-state index contributed by atoms with van der Waals surface area (Å²) in [7, 11) is 0. The second kappa shape index (κ2) is 5.94. The Hall–Kier alpha value is -2.11. The summed E-state index contributed by atoms with van der Waals surface area (Å²) in [4.78, 5) is 25.0. The number of hydrogen-bond acceptors (Lipinski definition) is 4. The number of hydrogen-bond donors (Lipinski definition) is 0.